The highest BCUT2D eigenvalue weighted by atomic mass is 16.6. The van der Waals surface area contributed by atoms with Crippen LogP contribution in [0.3, 0.4) is 0 Å². The summed E-state index contributed by atoms with van der Waals surface area (Å²) in [7, 11) is 0. The van der Waals surface area contributed by atoms with E-state index in [0.29, 0.717) is 11.4 Å². The fourth-order valence-electron chi connectivity index (χ4n) is 2.27. The first-order valence-electron chi connectivity index (χ1n) is 7.69. The van der Waals surface area contributed by atoms with Crippen LogP contribution in [0.4, 0.5) is 28.7 Å². The van der Waals surface area contributed by atoms with Gasteiger partial charge in [-0.15, -0.1) is 0 Å². The maximum Gasteiger partial charge on any atom is 0.353 e. The highest BCUT2D eigenvalue weighted by Crippen LogP contribution is 2.32. The van der Waals surface area contributed by atoms with Gasteiger partial charge in [0.05, 0.1) is 16.8 Å². The van der Waals surface area contributed by atoms with Crippen LogP contribution in [0.2, 0.25) is 0 Å². The van der Waals surface area contributed by atoms with Crippen molar-refractivity contribution in [2.24, 2.45) is 0 Å². The first kappa shape index (κ1) is 16.3. The van der Waals surface area contributed by atoms with Crippen molar-refractivity contribution in [1.82, 2.24) is 15.0 Å². The third-order valence-electron chi connectivity index (χ3n) is 3.55. The summed E-state index contributed by atoms with van der Waals surface area (Å²) < 4.78 is 0. The molecule has 8 nitrogen and oxygen atoms in total. The quantitative estimate of drug-likeness (QED) is 0.520. The molecule has 0 aliphatic heterocycles. The highest BCUT2D eigenvalue weighted by Gasteiger charge is 2.23. The van der Waals surface area contributed by atoms with E-state index in [4.69, 9.17) is 0 Å². The lowest BCUT2D eigenvalue weighted by Crippen LogP contribution is -2.05. The molecule has 0 radical (unpaired) electrons. The van der Waals surface area contributed by atoms with Crippen LogP contribution < -0.4 is 10.6 Å². The van der Waals surface area contributed by atoms with E-state index in [-0.39, 0.29) is 17.3 Å². The van der Waals surface area contributed by atoms with Crippen LogP contribution in [-0.2, 0) is 6.42 Å². The van der Waals surface area contributed by atoms with Gasteiger partial charge in [-0.25, -0.2) is 9.97 Å². The zero-order valence-electron chi connectivity index (χ0n) is 13.5. The van der Waals surface area contributed by atoms with Crippen molar-refractivity contribution >= 4 is 28.7 Å². The first-order valence-corrected chi connectivity index (χ1v) is 7.69. The molecule has 3 aromatic rings. The summed E-state index contributed by atoms with van der Waals surface area (Å²) in [5.41, 5.74) is 2.27. The van der Waals surface area contributed by atoms with E-state index in [1.807, 2.05) is 24.3 Å². The fraction of sp³-hybridized carbons (Fsp3) is 0.118. The van der Waals surface area contributed by atoms with Crippen molar-refractivity contribution in [3.8, 4) is 0 Å². The van der Waals surface area contributed by atoms with Crippen molar-refractivity contribution in [2.45, 2.75) is 13.3 Å². The Hall–Kier alpha value is -3.55. The molecule has 8 heteroatoms. The number of hydrogen-bond acceptors (Lipinski definition) is 7. The van der Waals surface area contributed by atoms with Crippen molar-refractivity contribution in [3.05, 3.63) is 70.8 Å². The molecule has 0 aliphatic carbocycles. The lowest BCUT2D eigenvalue weighted by molar-refractivity contribution is -0.383. The summed E-state index contributed by atoms with van der Waals surface area (Å²) in [6.07, 6.45) is 5.37. The van der Waals surface area contributed by atoms with Crippen LogP contribution in [0.1, 0.15) is 12.5 Å². The number of rotatable bonds is 6. The molecule has 0 spiro atoms. The number of anilines is 4. The van der Waals surface area contributed by atoms with Gasteiger partial charge in [-0.2, -0.15) is 0 Å². The number of hydrogen-bond donors (Lipinski definition) is 2. The minimum atomic E-state index is -0.512. The van der Waals surface area contributed by atoms with E-state index in [1.165, 1.54) is 11.9 Å². The molecule has 25 heavy (non-hydrogen) atoms. The number of nitro groups is 1. The predicted octanol–water partition coefficient (Wildman–Crippen LogP) is 3.83. The fourth-order valence-corrected chi connectivity index (χ4v) is 2.27. The van der Waals surface area contributed by atoms with Crippen LogP contribution in [0.25, 0.3) is 0 Å². The zero-order valence-corrected chi connectivity index (χ0v) is 13.5. The van der Waals surface area contributed by atoms with Gasteiger partial charge in [-0.05, 0) is 36.2 Å². The molecule has 2 N–H and O–H groups in total. The Bertz CT molecular complexity index is 868. The topological polar surface area (TPSA) is 106 Å². The largest absolute Gasteiger partial charge is 0.353 e. The van der Waals surface area contributed by atoms with E-state index in [9.17, 15) is 10.1 Å². The van der Waals surface area contributed by atoms with E-state index >= 15 is 0 Å². The van der Waals surface area contributed by atoms with Crippen LogP contribution in [0, 0.1) is 10.1 Å². The molecule has 0 amide bonds. The second kappa shape index (κ2) is 7.35. The second-order valence-electron chi connectivity index (χ2n) is 5.22. The number of aryl methyl sites for hydroxylation is 1. The van der Waals surface area contributed by atoms with Crippen molar-refractivity contribution in [2.75, 3.05) is 10.6 Å². The van der Waals surface area contributed by atoms with E-state index in [2.05, 4.69) is 32.5 Å². The molecule has 0 aliphatic rings. The smallest absolute Gasteiger partial charge is 0.334 e. The Labute approximate surface area is 144 Å². The van der Waals surface area contributed by atoms with Crippen LogP contribution in [-0.4, -0.2) is 19.9 Å². The number of nitrogens with zero attached hydrogens (tertiary/aromatic N) is 4. The Kier molecular flexibility index (Phi) is 4.79. The predicted molar refractivity (Wildman–Crippen MR) is 95.3 cm³/mol. The van der Waals surface area contributed by atoms with Gasteiger partial charge < -0.3 is 10.6 Å². The van der Waals surface area contributed by atoms with Crippen LogP contribution in [0.15, 0.2) is 55.1 Å². The lowest BCUT2D eigenvalue weighted by atomic mass is 10.1. The van der Waals surface area contributed by atoms with Gasteiger partial charge in [0.25, 0.3) is 0 Å². The third-order valence-corrected chi connectivity index (χ3v) is 3.55. The number of nitrogens with one attached hydrogen (secondary N) is 2. The molecule has 3 rings (SSSR count). The van der Waals surface area contributed by atoms with Gasteiger partial charge in [-0.3, -0.25) is 15.1 Å². The summed E-state index contributed by atoms with van der Waals surface area (Å²) in [4.78, 5) is 23.0. The standard InChI is InChI=1S/C17H16N6O2/c1-2-12-5-7-13(8-6-12)21-16-15(23(24)25)17(20-11-19-16)22-14-4-3-9-18-10-14/h3-11H,2H2,1H3,(H2,19,20,21,22). The molecule has 0 bridgehead atoms. The molecule has 0 fully saturated rings. The Morgan fingerprint density at radius 2 is 1.72 bits per heavy atom. The van der Waals surface area contributed by atoms with Crippen LogP contribution >= 0.6 is 0 Å². The lowest BCUT2D eigenvalue weighted by Gasteiger charge is -2.10. The second-order valence-corrected chi connectivity index (χ2v) is 5.22. The molecule has 0 atom stereocenters. The molecule has 0 unspecified atom stereocenters. The molecule has 2 heterocycles. The summed E-state index contributed by atoms with van der Waals surface area (Å²) >= 11 is 0. The summed E-state index contributed by atoms with van der Waals surface area (Å²) in [6, 6.07) is 11.1. The molecule has 0 saturated heterocycles. The average molecular weight is 336 g/mol. The SMILES string of the molecule is CCc1ccc(Nc2ncnc(Nc3cccnc3)c2[N+](=O)[O-])cc1. The minimum absolute atomic E-state index is 0.0979. The number of aromatic nitrogens is 3. The Balaban J connectivity index is 1.93. The number of benzene rings is 1. The van der Waals surface area contributed by atoms with Gasteiger partial charge >= 0.3 is 5.69 Å². The van der Waals surface area contributed by atoms with Gasteiger partial charge in [-0.1, -0.05) is 19.1 Å². The first-order chi connectivity index (χ1) is 12.2. The van der Waals surface area contributed by atoms with E-state index in [1.54, 1.807) is 24.5 Å². The summed E-state index contributed by atoms with van der Waals surface area (Å²) in [5, 5.41) is 17.4. The van der Waals surface area contributed by atoms with Crippen molar-refractivity contribution < 1.29 is 4.92 Å². The maximum absolute atomic E-state index is 11.6. The molecular formula is C17H16N6O2. The summed E-state index contributed by atoms with van der Waals surface area (Å²) in [5.74, 6) is 0.219. The van der Waals surface area contributed by atoms with Crippen molar-refractivity contribution in [1.29, 1.82) is 0 Å². The maximum atomic E-state index is 11.6. The molecule has 126 valence electrons. The molecular weight excluding hydrogens is 320 g/mol. The van der Waals surface area contributed by atoms with Gasteiger partial charge in [0, 0.05) is 11.9 Å². The third kappa shape index (κ3) is 3.86. The van der Waals surface area contributed by atoms with Gasteiger partial charge in [0.1, 0.15) is 6.33 Å². The Morgan fingerprint density at radius 3 is 2.28 bits per heavy atom. The number of pyridine rings is 1. The van der Waals surface area contributed by atoms with Crippen LogP contribution in [0.5, 0.6) is 0 Å². The normalized spacial score (nSPS) is 10.3. The monoisotopic (exact) mass is 336 g/mol. The van der Waals surface area contributed by atoms with Gasteiger partial charge in [0.15, 0.2) is 0 Å². The van der Waals surface area contributed by atoms with E-state index < -0.39 is 4.92 Å². The molecule has 2 aromatic heterocycles. The highest BCUT2D eigenvalue weighted by molar-refractivity contribution is 5.76. The van der Waals surface area contributed by atoms with Crippen molar-refractivity contribution in [3.63, 3.8) is 0 Å². The average Bonchev–Trinajstić information content (AvgIpc) is 2.63. The molecule has 0 saturated carbocycles. The molecule has 1 aromatic carbocycles. The zero-order chi connectivity index (χ0) is 17.6. The van der Waals surface area contributed by atoms with Gasteiger partial charge in [0.2, 0.25) is 11.6 Å². The van der Waals surface area contributed by atoms with E-state index in [0.717, 1.165) is 6.42 Å². The Morgan fingerprint density at radius 1 is 1.04 bits per heavy atom. The summed E-state index contributed by atoms with van der Waals surface area (Å²) in [6.45, 7) is 2.06. The minimum Gasteiger partial charge on any atom is -0.334 e.